The Morgan fingerprint density at radius 2 is 1.63 bits per heavy atom. The van der Waals surface area contributed by atoms with E-state index in [0.717, 1.165) is 15.6 Å². The monoisotopic (exact) mass is 434 g/mol. The standard InChI is InChI=1S/C23H15ClN2O3S/c24-20-18-8-4-5-9-19(18)30-21(20)22(27)26-25-14-15-10-12-17(13-11-15)29-23(28)16-6-2-1-3-7-16/h1-14H,(H,26,27). The van der Waals surface area contributed by atoms with E-state index in [4.69, 9.17) is 16.3 Å². The summed E-state index contributed by atoms with van der Waals surface area (Å²) >= 11 is 7.63. The van der Waals surface area contributed by atoms with Crippen molar-refractivity contribution in [3.8, 4) is 5.75 Å². The average Bonchev–Trinajstić information content (AvgIpc) is 3.12. The summed E-state index contributed by atoms with van der Waals surface area (Å²) in [6, 6.07) is 23.1. The Morgan fingerprint density at radius 3 is 2.37 bits per heavy atom. The van der Waals surface area contributed by atoms with Gasteiger partial charge < -0.3 is 4.74 Å². The molecule has 148 valence electrons. The second-order valence-electron chi connectivity index (χ2n) is 6.27. The number of ether oxygens (including phenoxy) is 1. The number of esters is 1. The molecule has 0 atom stereocenters. The van der Waals surface area contributed by atoms with Crippen molar-refractivity contribution in [2.75, 3.05) is 0 Å². The van der Waals surface area contributed by atoms with E-state index in [9.17, 15) is 9.59 Å². The van der Waals surface area contributed by atoms with Crippen LogP contribution in [-0.4, -0.2) is 18.1 Å². The molecule has 7 heteroatoms. The smallest absolute Gasteiger partial charge is 0.343 e. The number of nitrogens with zero attached hydrogens (tertiary/aromatic N) is 1. The topological polar surface area (TPSA) is 67.8 Å². The number of carbonyl (C=O) groups is 2. The highest BCUT2D eigenvalue weighted by Gasteiger charge is 2.16. The van der Waals surface area contributed by atoms with Crippen LogP contribution in [0, 0.1) is 0 Å². The normalized spacial score (nSPS) is 11.0. The number of amides is 1. The number of carbonyl (C=O) groups excluding carboxylic acids is 2. The first-order chi connectivity index (χ1) is 14.6. The molecule has 3 aromatic carbocycles. The van der Waals surface area contributed by atoms with Crippen LogP contribution < -0.4 is 10.2 Å². The Hall–Kier alpha value is -3.48. The highest BCUT2D eigenvalue weighted by molar-refractivity contribution is 7.21. The van der Waals surface area contributed by atoms with Crippen LogP contribution in [0.2, 0.25) is 5.02 Å². The van der Waals surface area contributed by atoms with Gasteiger partial charge in [-0.15, -0.1) is 11.3 Å². The highest BCUT2D eigenvalue weighted by atomic mass is 35.5. The second kappa shape index (κ2) is 8.90. The number of hydrazone groups is 1. The van der Waals surface area contributed by atoms with Crippen molar-refractivity contribution in [1.82, 2.24) is 5.43 Å². The lowest BCUT2D eigenvalue weighted by atomic mass is 10.2. The Labute approximate surface area is 181 Å². The molecule has 0 spiro atoms. The molecule has 30 heavy (non-hydrogen) atoms. The first-order valence-corrected chi connectivity index (χ1v) is 10.2. The molecular weight excluding hydrogens is 420 g/mol. The third kappa shape index (κ3) is 4.40. The molecule has 4 rings (SSSR count). The van der Waals surface area contributed by atoms with Gasteiger partial charge in [0, 0.05) is 10.1 Å². The summed E-state index contributed by atoms with van der Waals surface area (Å²) in [4.78, 5) is 24.9. The number of hydrogen-bond acceptors (Lipinski definition) is 5. The van der Waals surface area contributed by atoms with Gasteiger partial charge in [-0.2, -0.15) is 5.10 Å². The van der Waals surface area contributed by atoms with E-state index >= 15 is 0 Å². The molecule has 1 amide bonds. The zero-order chi connectivity index (χ0) is 20.9. The van der Waals surface area contributed by atoms with Gasteiger partial charge in [0.1, 0.15) is 10.6 Å². The fraction of sp³-hybridized carbons (Fsp3) is 0. The van der Waals surface area contributed by atoms with Gasteiger partial charge in [-0.25, -0.2) is 10.2 Å². The van der Waals surface area contributed by atoms with Gasteiger partial charge in [0.05, 0.1) is 16.8 Å². The minimum atomic E-state index is -0.426. The maximum atomic E-state index is 12.4. The van der Waals surface area contributed by atoms with Crippen molar-refractivity contribution in [3.05, 3.63) is 99.9 Å². The first kappa shape index (κ1) is 19.8. The summed E-state index contributed by atoms with van der Waals surface area (Å²) in [6.45, 7) is 0. The molecule has 4 aromatic rings. The lowest BCUT2D eigenvalue weighted by Crippen LogP contribution is -2.16. The van der Waals surface area contributed by atoms with E-state index < -0.39 is 5.97 Å². The van der Waals surface area contributed by atoms with Crippen molar-refractivity contribution < 1.29 is 14.3 Å². The third-order valence-corrected chi connectivity index (χ3v) is 5.90. The minimum absolute atomic E-state index is 0.370. The van der Waals surface area contributed by atoms with Crippen LogP contribution in [0.25, 0.3) is 10.1 Å². The van der Waals surface area contributed by atoms with Gasteiger partial charge in [0.25, 0.3) is 5.91 Å². The lowest BCUT2D eigenvalue weighted by molar-refractivity contribution is 0.0734. The van der Waals surface area contributed by atoms with Gasteiger partial charge >= 0.3 is 5.97 Å². The van der Waals surface area contributed by atoms with Crippen LogP contribution in [-0.2, 0) is 0 Å². The number of thiophene rings is 1. The second-order valence-corrected chi connectivity index (χ2v) is 7.70. The fourth-order valence-corrected chi connectivity index (χ4v) is 4.15. The molecule has 0 fully saturated rings. The number of benzene rings is 3. The molecule has 1 aromatic heterocycles. The third-order valence-electron chi connectivity index (χ3n) is 4.22. The van der Waals surface area contributed by atoms with E-state index in [1.165, 1.54) is 17.6 Å². The van der Waals surface area contributed by atoms with E-state index in [1.807, 2.05) is 30.3 Å². The quantitative estimate of drug-likeness (QED) is 0.194. The molecule has 1 N–H and O–H groups in total. The fourth-order valence-electron chi connectivity index (χ4n) is 2.74. The van der Waals surface area contributed by atoms with Crippen molar-refractivity contribution in [2.24, 2.45) is 5.10 Å². The zero-order valence-corrected chi connectivity index (χ0v) is 17.1. The predicted octanol–water partition coefficient (Wildman–Crippen LogP) is 5.54. The molecule has 0 saturated carbocycles. The molecule has 0 bridgehead atoms. The van der Waals surface area contributed by atoms with Gasteiger partial charge in [0.15, 0.2) is 0 Å². The van der Waals surface area contributed by atoms with Gasteiger partial charge in [-0.3, -0.25) is 4.79 Å². The maximum absolute atomic E-state index is 12.4. The average molecular weight is 435 g/mol. The van der Waals surface area contributed by atoms with E-state index in [2.05, 4.69) is 10.5 Å². The number of nitrogens with one attached hydrogen (secondary N) is 1. The number of halogens is 1. The van der Waals surface area contributed by atoms with Crippen LogP contribution >= 0.6 is 22.9 Å². The van der Waals surface area contributed by atoms with E-state index in [0.29, 0.717) is 21.2 Å². The predicted molar refractivity (Wildman–Crippen MR) is 120 cm³/mol. The summed E-state index contributed by atoms with van der Waals surface area (Å²) in [7, 11) is 0. The van der Waals surface area contributed by atoms with Crippen LogP contribution in [0.1, 0.15) is 25.6 Å². The Bertz CT molecular complexity index is 1230. The summed E-state index contributed by atoms with van der Waals surface area (Å²) < 4.78 is 6.27. The van der Waals surface area contributed by atoms with E-state index in [1.54, 1.807) is 48.5 Å². The zero-order valence-electron chi connectivity index (χ0n) is 15.5. The molecule has 1 heterocycles. The molecular formula is C23H15ClN2O3S. The molecule has 0 aliphatic carbocycles. The first-order valence-electron chi connectivity index (χ1n) is 8.99. The van der Waals surface area contributed by atoms with Crippen LogP contribution in [0.3, 0.4) is 0 Å². The Kier molecular flexibility index (Phi) is 5.88. The van der Waals surface area contributed by atoms with Crippen LogP contribution in [0.4, 0.5) is 0 Å². The molecule has 0 saturated heterocycles. The number of fused-ring (bicyclic) bond motifs is 1. The molecule has 0 aliphatic heterocycles. The van der Waals surface area contributed by atoms with Crippen molar-refractivity contribution >= 4 is 51.1 Å². The van der Waals surface area contributed by atoms with Crippen LogP contribution in [0.5, 0.6) is 5.75 Å². The highest BCUT2D eigenvalue weighted by Crippen LogP contribution is 2.34. The summed E-state index contributed by atoms with van der Waals surface area (Å²) in [5.74, 6) is -0.377. The maximum Gasteiger partial charge on any atom is 0.343 e. The Balaban J connectivity index is 1.37. The van der Waals surface area contributed by atoms with Crippen molar-refractivity contribution in [1.29, 1.82) is 0 Å². The summed E-state index contributed by atoms with van der Waals surface area (Å²) in [5.41, 5.74) is 3.70. The SMILES string of the molecule is O=C(Oc1ccc(C=NNC(=O)c2sc3ccccc3c2Cl)cc1)c1ccccc1. The van der Waals surface area contributed by atoms with Gasteiger partial charge in [-0.05, 0) is 48.0 Å². The minimum Gasteiger partial charge on any atom is -0.423 e. The molecule has 0 aliphatic rings. The molecule has 0 radical (unpaired) electrons. The molecule has 5 nitrogen and oxygen atoms in total. The van der Waals surface area contributed by atoms with Gasteiger partial charge in [0.2, 0.25) is 0 Å². The Morgan fingerprint density at radius 1 is 0.933 bits per heavy atom. The molecule has 0 unspecified atom stereocenters. The van der Waals surface area contributed by atoms with Crippen LogP contribution in [0.15, 0.2) is 84.0 Å². The number of hydrogen-bond donors (Lipinski definition) is 1. The largest absolute Gasteiger partial charge is 0.423 e. The lowest BCUT2D eigenvalue weighted by Gasteiger charge is -2.04. The van der Waals surface area contributed by atoms with E-state index in [-0.39, 0.29) is 5.91 Å². The van der Waals surface area contributed by atoms with Gasteiger partial charge in [-0.1, -0.05) is 48.0 Å². The number of rotatable bonds is 5. The van der Waals surface area contributed by atoms with Crippen molar-refractivity contribution in [2.45, 2.75) is 0 Å². The van der Waals surface area contributed by atoms with Crippen molar-refractivity contribution in [3.63, 3.8) is 0 Å². The summed E-state index contributed by atoms with van der Waals surface area (Å²) in [6.07, 6.45) is 1.50. The summed E-state index contributed by atoms with van der Waals surface area (Å²) in [5, 5.41) is 5.25.